The third-order valence-electron chi connectivity index (χ3n) is 7.41. The van der Waals surface area contributed by atoms with Gasteiger partial charge in [0.1, 0.15) is 11.8 Å². The predicted molar refractivity (Wildman–Crippen MR) is 160 cm³/mol. The van der Waals surface area contributed by atoms with Crippen molar-refractivity contribution in [3.63, 3.8) is 0 Å². The maximum absolute atomic E-state index is 14.1. The Balaban J connectivity index is 1.59. The first-order valence-electron chi connectivity index (χ1n) is 13.8. The molecule has 0 radical (unpaired) electrons. The van der Waals surface area contributed by atoms with E-state index in [4.69, 9.17) is 9.47 Å². The molecular formula is C31H32N2O7S2. The fraction of sp³-hybridized carbons (Fsp3) is 0.387. The maximum atomic E-state index is 14.1. The lowest BCUT2D eigenvalue weighted by Crippen LogP contribution is -2.32. The molecule has 220 valence electrons. The summed E-state index contributed by atoms with van der Waals surface area (Å²) in [6, 6.07) is 14.1. The van der Waals surface area contributed by atoms with Gasteiger partial charge in [-0.1, -0.05) is 68.1 Å². The second-order valence-corrected chi connectivity index (χ2v) is 13.2. The van der Waals surface area contributed by atoms with Gasteiger partial charge in [-0.3, -0.25) is 23.7 Å². The lowest BCUT2D eigenvalue weighted by molar-refractivity contribution is -0.144. The van der Waals surface area contributed by atoms with Crippen LogP contribution in [0.25, 0.3) is 0 Å². The Morgan fingerprint density at radius 1 is 0.881 bits per heavy atom. The van der Waals surface area contributed by atoms with E-state index in [9.17, 15) is 24.0 Å². The topological polar surface area (TPSA) is 112 Å². The molecule has 11 heteroatoms. The van der Waals surface area contributed by atoms with Crippen LogP contribution in [0.3, 0.4) is 0 Å². The minimum Gasteiger partial charge on any atom is -0.465 e. The maximum Gasteiger partial charge on any atom is 0.338 e. The van der Waals surface area contributed by atoms with E-state index >= 15 is 0 Å². The summed E-state index contributed by atoms with van der Waals surface area (Å²) >= 11 is 2.14. The van der Waals surface area contributed by atoms with Gasteiger partial charge >= 0.3 is 16.8 Å². The van der Waals surface area contributed by atoms with Crippen molar-refractivity contribution in [2.45, 2.75) is 62.8 Å². The van der Waals surface area contributed by atoms with Crippen LogP contribution in [-0.4, -0.2) is 46.8 Å². The van der Waals surface area contributed by atoms with Crippen molar-refractivity contribution in [2.24, 2.45) is 5.92 Å². The number of benzene rings is 2. The van der Waals surface area contributed by atoms with E-state index in [1.807, 2.05) is 24.3 Å². The molecular weight excluding hydrogens is 576 g/mol. The van der Waals surface area contributed by atoms with Crippen LogP contribution < -0.4 is 9.77 Å². The van der Waals surface area contributed by atoms with E-state index in [0.717, 1.165) is 39.1 Å². The highest BCUT2D eigenvalue weighted by molar-refractivity contribution is 8.00. The fourth-order valence-corrected chi connectivity index (χ4v) is 8.13. The zero-order chi connectivity index (χ0) is 30.3. The van der Waals surface area contributed by atoms with E-state index in [0.29, 0.717) is 21.2 Å². The molecule has 0 aliphatic carbocycles. The second kappa shape index (κ2) is 11.5. The quantitative estimate of drug-likeness (QED) is 0.279. The third-order valence-corrected chi connectivity index (χ3v) is 10.0. The molecule has 3 unspecified atom stereocenters. The van der Waals surface area contributed by atoms with Crippen molar-refractivity contribution in [2.75, 3.05) is 18.1 Å². The first kappa shape index (κ1) is 29.8. The molecule has 0 saturated carbocycles. The second-order valence-electron chi connectivity index (χ2n) is 11.1. The van der Waals surface area contributed by atoms with Crippen molar-refractivity contribution >= 4 is 52.5 Å². The minimum atomic E-state index is -0.815. The van der Waals surface area contributed by atoms with E-state index < -0.39 is 34.9 Å². The van der Waals surface area contributed by atoms with Gasteiger partial charge < -0.3 is 9.47 Å². The Kier molecular flexibility index (Phi) is 8.17. The molecule has 5 rings (SSSR count). The van der Waals surface area contributed by atoms with Crippen molar-refractivity contribution in [3.8, 4) is 0 Å². The number of carbonyl (C=O) groups excluding carboxylic acids is 4. The van der Waals surface area contributed by atoms with Crippen molar-refractivity contribution in [1.29, 1.82) is 0 Å². The lowest BCUT2D eigenvalue weighted by Gasteiger charge is -2.31. The molecule has 3 atom stereocenters. The number of carbonyl (C=O) groups is 4. The Bertz CT molecular complexity index is 1600. The molecule has 2 amide bonds. The fourth-order valence-electron chi connectivity index (χ4n) is 5.36. The molecule has 0 spiro atoms. The number of nitrogens with zero attached hydrogens (tertiary/aromatic N) is 2. The first-order valence-corrected chi connectivity index (χ1v) is 15.5. The summed E-state index contributed by atoms with van der Waals surface area (Å²) in [4.78, 5) is 67.1. The number of thiazole rings is 1. The smallest absolute Gasteiger partial charge is 0.338 e. The van der Waals surface area contributed by atoms with Gasteiger partial charge in [0.05, 0.1) is 35.4 Å². The van der Waals surface area contributed by atoms with Gasteiger partial charge in [-0.15, -0.1) is 0 Å². The number of anilines is 1. The Hall–Kier alpha value is -3.70. The minimum absolute atomic E-state index is 0.0892. The van der Waals surface area contributed by atoms with Gasteiger partial charge in [-0.2, -0.15) is 0 Å². The lowest BCUT2D eigenvalue weighted by atomic mass is 9.81. The van der Waals surface area contributed by atoms with Gasteiger partial charge in [-0.25, -0.2) is 9.69 Å². The predicted octanol–water partition coefficient (Wildman–Crippen LogP) is 4.74. The van der Waals surface area contributed by atoms with Crippen LogP contribution in [-0.2, 0) is 35.8 Å². The molecule has 2 aliphatic rings. The average molecular weight is 609 g/mol. The number of aromatic nitrogens is 1. The zero-order valence-electron chi connectivity index (χ0n) is 24.0. The van der Waals surface area contributed by atoms with Crippen molar-refractivity contribution in [3.05, 3.63) is 79.8 Å². The molecule has 2 aromatic carbocycles. The number of ether oxygens (including phenoxy) is 2. The average Bonchev–Trinajstić information content (AvgIpc) is 3.39. The summed E-state index contributed by atoms with van der Waals surface area (Å²) in [5.41, 5.74) is 2.49. The van der Waals surface area contributed by atoms with Crippen molar-refractivity contribution in [1.82, 2.24) is 4.57 Å². The molecule has 42 heavy (non-hydrogen) atoms. The van der Waals surface area contributed by atoms with Crippen LogP contribution in [0.5, 0.6) is 0 Å². The molecule has 0 N–H and O–H groups in total. The Morgan fingerprint density at radius 3 is 2.12 bits per heavy atom. The zero-order valence-corrected chi connectivity index (χ0v) is 25.7. The van der Waals surface area contributed by atoms with E-state index in [1.54, 1.807) is 26.0 Å². The monoisotopic (exact) mass is 608 g/mol. The summed E-state index contributed by atoms with van der Waals surface area (Å²) in [6.07, 6.45) is 0. The number of thioether (sulfide) groups is 1. The summed E-state index contributed by atoms with van der Waals surface area (Å²) in [7, 11) is 0. The highest BCUT2D eigenvalue weighted by Crippen LogP contribution is 2.54. The standard InChI is InChI=1S/C31H32N2O7S2/c1-6-39-21(34)16-32-28-25(42-30(32)38)22(17-8-12-19(13-9-17)31(3,4)5)23-24(41-28)27(36)33(26(23)35)20-14-10-18(11-15-20)29(37)40-7-2/h8-15,22-24H,6-7,16H2,1-5H3. The third kappa shape index (κ3) is 5.31. The van der Waals surface area contributed by atoms with Crippen LogP contribution >= 0.6 is 23.1 Å². The van der Waals surface area contributed by atoms with E-state index in [2.05, 4.69) is 20.8 Å². The normalized spacial score (nSPS) is 19.8. The molecule has 0 bridgehead atoms. The molecule has 3 aromatic rings. The summed E-state index contributed by atoms with van der Waals surface area (Å²) in [6.45, 7) is 9.87. The van der Waals surface area contributed by atoms with E-state index in [1.165, 1.54) is 16.7 Å². The van der Waals surface area contributed by atoms with Crippen LogP contribution in [0.15, 0.2) is 58.4 Å². The molecule has 1 aromatic heterocycles. The number of hydrogen-bond acceptors (Lipinski definition) is 9. The highest BCUT2D eigenvalue weighted by atomic mass is 32.2. The molecule has 1 saturated heterocycles. The van der Waals surface area contributed by atoms with Gasteiger partial charge in [-0.05, 0) is 54.7 Å². The van der Waals surface area contributed by atoms with Gasteiger partial charge in [0.25, 0.3) is 0 Å². The summed E-state index contributed by atoms with van der Waals surface area (Å²) in [5, 5.41) is -0.311. The number of fused-ring (bicyclic) bond motifs is 2. The number of rotatable bonds is 7. The van der Waals surface area contributed by atoms with Gasteiger partial charge in [0.2, 0.25) is 11.8 Å². The number of imide groups is 1. The number of esters is 2. The Morgan fingerprint density at radius 2 is 1.52 bits per heavy atom. The number of hydrogen-bond donors (Lipinski definition) is 0. The SMILES string of the molecule is CCOC(=O)Cn1c2c(sc1=O)C(c1ccc(C(C)(C)C)cc1)C1C(=O)N(c3ccc(C(=O)OCC)cc3)C(=O)C1S2. The van der Waals surface area contributed by atoms with Crippen LogP contribution in [0, 0.1) is 5.92 Å². The summed E-state index contributed by atoms with van der Waals surface area (Å²) < 4.78 is 11.5. The van der Waals surface area contributed by atoms with Crippen LogP contribution in [0.1, 0.15) is 66.9 Å². The highest BCUT2D eigenvalue weighted by Gasteiger charge is 2.56. The van der Waals surface area contributed by atoms with Gasteiger partial charge in [0, 0.05) is 10.8 Å². The van der Waals surface area contributed by atoms with E-state index in [-0.39, 0.29) is 36.0 Å². The molecule has 1 fully saturated rings. The van der Waals surface area contributed by atoms with Crippen LogP contribution in [0.2, 0.25) is 0 Å². The first-order chi connectivity index (χ1) is 20.0. The van der Waals surface area contributed by atoms with Gasteiger partial charge in [0.15, 0.2) is 0 Å². The van der Waals surface area contributed by atoms with Crippen LogP contribution in [0.4, 0.5) is 5.69 Å². The number of amides is 2. The largest absolute Gasteiger partial charge is 0.465 e. The Labute approximate surface area is 251 Å². The van der Waals surface area contributed by atoms with Crippen molar-refractivity contribution < 1.29 is 28.7 Å². The molecule has 2 aliphatic heterocycles. The molecule has 9 nitrogen and oxygen atoms in total. The molecule has 3 heterocycles. The summed E-state index contributed by atoms with van der Waals surface area (Å²) in [5.74, 6) is -3.17.